The summed E-state index contributed by atoms with van der Waals surface area (Å²) in [7, 11) is 0. The summed E-state index contributed by atoms with van der Waals surface area (Å²) in [6, 6.07) is 6.03. The van der Waals surface area contributed by atoms with Gasteiger partial charge in [-0.05, 0) is 121 Å². The first kappa shape index (κ1) is 20.7. The topological polar surface area (TPSA) is 92.8 Å². The third kappa shape index (κ3) is 4.76. The Hall–Kier alpha value is 0.390. The predicted molar refractivity (Wildman–Crippen MR) is 125 cm³/mol. The summed E-state index contributed by atoms with van der Waals surface area (Å²) >= 11 is 8.54. The quantitative estimate of drug-likeness (QED) is 0.388. The van der Waals surface area contributed by atoms with E-state index in [9.17, 15) is 9.90 Å². The van der Waals surface area contributed by atoms with Crippen molar-refractivity contribution in [2.45, 2.75) is 12.5 Å². The number of hydrogen-bond acceptors (Lipinski definition) is 4. The van der Waals surface area contributed by atoms with Gasteiger partial charge in [0.1, 0.15) is 23.3 Å². The molecule has 0 fully saturated rings. The molecule has 2 aromatic rings. The minimum Gasteiger partial charge on any atom is -0.507 e. The van der Waals surface area contributed by atoms with Crippen molar-refractivity contribution in [3.8, 4) is 17.2 Å². The van der Waals surface area contributed by atoms with Gasteiger partial charge in [-0.3, -0.25) is 4.79 Å². The number of hydrogen-bond donors (Lipinski definition) is 3. The Bertz CT molecular complexity index is 798. The first-order chi connectivity index (χ1) is 11.2. The maximum absolute atomic E-state index is 10.9. The molecular formula is C15H11I4NO4. The molecule has 5 nitrogen and oxygen atoms in total. The van der Waals surface area contributed by atoms with Gasteiger partial charge in [-0.1, -0.05) is 6.07 Å². The van der Waals surface area contributed by atoms with Crippen molar-refractivity contribution < 1.29 is 19.7 Å². The summed E-state index contributed by atoms with van der Waals surface area (Å²) in [6.07, 6.45) is 0.262. The molecule has 0 aliphatic rings. The van der Waals surface area contributed by atoms with E-state index in [1.807, 2.05) is 12.1 Å². The number of aliphatic carboxylic acids is 1. The zero-order valence-electron chi connectivity index (χ0n) is 11.9. The number of nitrogens with two attached hydrogens (primary N) is 1. The first-order valence-corrected chi connectivity index (χ1v) is 10.8. The van der Waals surface area contributed by atoms with Crippen molar-refractivity contribution in [2.75, 3.05) is 0 Å². The smallest absolute Gasteiger partial charge is 0.320 e. The van der Waals surface area contributed by atoms with Crippen molar-refractivity contribution in [2.24, 2.45) is 5.73 Å². The van der Waals surface area contributed by atoms with E-state index in [4.69, 9.17) is 15.6 Å². The van der Waals surface area contributed by atoms with Gasteiger partial charge in [0.25, 0.3) is 0 Å². The van der Waals surface area contributed by atoms with Crippen molar-refractivity contribution in [1.82, 2.24) is 0 Å². The van der Waals surface area contributed by atoms with Gasteiger partial charge in [0.2, 0.25) is 0 Å². The van der Waals surface area contributed by atoms with E-state index < -0.39 is 12.0 Å². The van der Waals surface area contributed by atoms with Crippen LogP contribution in [0.2, 0.25) is 0 Å². The summed E-state index contributed by atoms with van der Waals surface area (Å²) in [5.41, 5.74) is 6.49. The van der Waals surface area contributed by atoms with E-state index >= 15 is 0 Å². The Morgan fingerprint density at radius 2 is 1.54 bits per heavy atom. The Morgan fingerprint density at radius 1 is 1.00 bits per heavy atom. The number of carboxylic acids is 1. The molecule has 0 aromatic heterocycles. The summed E-state index contributed by atoms with van der Waals surface area (Å²) in [5, 5.41) is 18.7. The second-order valence-electron chi connectivity index (χ2n) is 4.81. The maximum atomic E-state index is 10.9. The highest BCUT2D eigenvalue weighted by Gasteiger charge is 2.18. The molecule has 128 valence electrons. The van der Waals surface area contributed by atoms with Crippen LogP contribution < -0.4 is 10.5 Å². The molecule has 0 aliphatic carbocycles. The van der Waals surface area contributed by atoms with E-state index in [0.29, 0.717) is 11.5 Å². The number of ether oxygens (including phenoxy) is 1. The monoisotopic (exact) mass is 777 g/mol. The van der Waals surface area contributed by atoms with E-state index in [-0.39, 0.29) is 12.2 Å². The molecule has 0 aliphatic heterocycles. The van der Waals surface area contributed by atoms with Gasteiger partial charge >= 0.3 is 5.97 Å². The van der Waals surface area contributed by atoms with Crippen molar-refractivity contribution >= 4 is 96.3 Å². The molecule has 24 heavy (non-hydrogen) atoms. The average Bonchev–Trinajstić information content (AvgIpc) is 2.54. The number of halogens is 4. The molecule has 0 radical (unpaired) electrons. The minimum atomic E-state index is -1.02. The lowest BCUT2D eigenvalue weighted by atomic mass is 10.1. The van der Waals surface area contributed by atoms with Crippen LogP contribution in [0.4, 0.5) is 0 Å². The van der Waals surface area contributed by atoms with E-state index in [1.54, 1.807) is 12.1 Å². The lowest BCUT2D eigenvalue weighted by molar-refractivity contribution is -0.138. The molecular weight excluding hydrogens is 766 g/mol. The standard InChI is InChI=1S/C15H11I4NO4/c16-11-6(5-7(20)15(22)23)1-3-9(13(11)18)24-10-4-2-8(21)12(17)14(10)19/h1-4,7,21H,5,20H2,(H,22,23). The van der Waals surface area contributed by atoms with E-state index in [0.717, 1.165) is 19.8 Å². The zero-order chi connectivity index (χ0) is 18.0. The van der Waals surface area contributed by atoms with Gasteiger partial charge in [-0.25, -0.2) is 0 Å². The van der Waals surface area contributed by atoms with Gasteiger partial charge in [0, 0.05) is 3.57 Å². The van der Waals surface area contributed by atoms with Gasteiger partial charge in [0.15, 0.2) is 0 Å². The molecule has 2 rings (SSSR count). The van der Waals surface area contributed by atoms with Gasteiger partial charge in [-0.2, -0.15) is 0 Å². The number of carbonyl (C=O) groups is 1. The number of aromatic hydroxyl groups is 1. The number of carboxylic acid groups (broad SMARTS) is 1. The second kappa shape index (κ2) is 8.85. The van der Waals surface area contributed by atoms with Crippen LogP contribution in [0.3, 0.4) is 0 Å². The fourth-order valence-corrected chi connectivity index (χ4v) is 4.17. The SMILES string of the molecule is NC(Cc1ccc(Oc2ccc(O)c(I)c2I)c(I)c1I)C(=O)O. The Labute approximate surface area is 193 Å². The number of phenolic OH excluding ortho intramolecular Hbond substituents is 1. The fourth-order valence-electron chi connectivity index (χ4n) is 1.85. The summed E-state index contributed by atoms with van der Waals surface area (Å²) in [5.74, 6) is 0.526. The Kier molecular flexibility index (Phi) is 7.64. The molecule has 0 saturated heterocycles. The van der Waals surface area contributed by atoms with Crippen LogP contribution in [0.25, 0.3) is 0 Å². The molecule has 0 saturated carbocycles. The fraction of sp³-hybridized carbons (Fsp3) is 0.133. The van der Waals surface area contributed by atoms with Crippen LogP contribution in [0.1, 0.15) is 5.56 Å². The van der Waals surface area contributed by atoms with Crippen LogP contribution in [0.5, 0.6) is 17.2 Å². The normalized spacial score (nSPS) is 12.0. The van der Waals surface area contributed by atoms with Crippen LogP contribution >= 0.6 is 90.4 Å². The predicted octanol–water partition coefficient (Wildman–Crippen LogP) is 4.56. The Balaban J connectivity index is 2.32. The number of phenols is 1. The van der Waals surface area contributed by atoms with Gasteiger partial charge in [-0.15, -0.1) is 0 Å². The van der Waals surface area contributed by atoms with Crippen molar-refractivity contribution in [3.05, 3.63) is 44.1 Å². The molecule has 4 N–H and O–H groups in total. The average molecular weight is 777 g/mol. The molecule has 9 heteroatoms. The van der Waals surface area contributed by atoms with E-state index in [2.05, 4.69) is 90.4 Å². The van der Waals surface area contributed by atoms with Crippen LogP contribution in [-0.4, -0.2) is 22.2 Å². The molecule has 2 aromatic carbocycles. The third-order valence-electron chi connectivity index (χ3n) is 3.13. The van der Waals surface area contributed by atoms with Gasteiger partial charge in [0.05, 0.1) is 10.7 Å². The lowest BCUT2D eigenvalue weighted by Gasteiger charge is -2.15. The first-order valence-electron chi connectivity index (χ1n) is 6.52. The summed E-state index contributed by atoms with van der Waals surface area (Å²) < 4.78 is 9.36. The van der Waals surface area contributed by atoms with Crippen molar-refractivity contribution in [3.63, 3.8) is 0 Å². The Morgan fingerprint density at radius 3 is 2.12 bits per heavy atom. The highest BCUT2D eigenvalue weighted by atomic mass is 127. The minimum absolute atomic E-state index is 0.217. The highest BCUT2D eigenvalue weighted by molar-refractivity contribution is 14.1. The van der Waals surface area contributed by atoms with E-state index in [1.165, 1.54) is 0 Å². The molecule has 1 atom stereocenters. The van der Waals surface area contributed by atoms with Crippen LogP contribution in [0, 0.1) is 14.3 Å². The lowest BCUT2D eigenvalue weighted by Crippen LogP contribution is -2.32. The summed E-state index contributed by atoms with van der Waals surface area (Å²) in [6.45, 7) is 0. The highest BCUT2D eigenvalue weighted by Crippen LogP contribution is 2.37. The largest absolute Gasteiger partial charge is 0.507 e. The molecule has 0 amide bonds. The molecule has 0 heterocycles. The van der Waals surface area contributed by atoms with Crippen LogP contribution in [0.15, 0.2) is 24.3 Å². The van der Waals surface area contributed by atoms with Crippen LogP contribution in [-0.2, 0) is 11.2 Å². The maximum Gasteiger partial charge on any atom is 0.320 e. The second-order valence-corrected chi connectivity index (χ2v) is 9.13. The molecule has 0 spiro atoms. The summed E-state index contributed by atoms with van der Waals surface area (Å²) in [4.78, 5) is 10.9. The van der Waals surface area contributed by atoms with Crippen molar-refractivity contribution in [1.29, 1.82) is 0 Å². The van der Waals surface area contributed by atoms with Gasteiger partial charge < -0.3 is 20.7 Å². The zero-order valence-corrected chi connectivity index (χ0v) is 20.5. The number of benzene rings is 2. The molecule has 0 bridgehead atoms. The number of rotatable bonds is 5. The third-order valence-corrected chi connectivity index (χ3v) is 9.66. The molecule has 1 unspecified atom stereocenters.